The van der Waals surface area contributed by atoms with Crippen LogP contribution in [0.4, 0.5) is 20.6 Å². The Morgan fingerprint density at radius 1 is 1.26 bits per heavy atom. The molecule has 3 amide bonds. The molecule has 0 radical (unpaired) electrons. The van der Waals surface area contributed by atoms with Gasteiger partial charge in [-0.25, -0.2) is 18.2 Å². The summed E-state index contributed by atoms with van der Waals surface area (Å²) >= 11 is 0. The quantitative estimate of drug-likeness (QED) is 0.616. The van der Waals surface area contributed by atoms with Crippen LogP contribution in [-0.2, 0) is 21.5 Å². The van der Waals surface area contributed by atoms with E-state index in [1.54, 1.807) is 4.72 Å². The summed E-state index contributed by atoms with van der Waals surface area (Å²) in [6, 6.07) is 10.3. The van der Waals surface area contributed by atoms with E-state index in [1.807, 2.05) is 30.3 Å². The molecule has 3 rings (SSSR count). The van der Waals surface area contributed by atoms with Crippen LogP contribution >= 0.6 is 0 Å². The van der Waals surface area contributed by atoms with Crippen LogP contribution < -0.4 is 19.7 Å². The van der Waals surface area contributed by atoms with Crippen molar-refractivity contribution in [3.8, 4) is 5.75 Å². The summed E-state index contributed by atoms with van der Waals surface area (Å²) in [5, 5.41) is 14.9. The van der Waals surface area contributed by atoms with Crippen molar-refractivity contribution in [2.75, 3.05) is 16.2 Å². The Hall–Kier alpha value is -3.34. The molecule has 1 heterocycles. The van der Waals surface area contributed by atoms with Gasteiger partial charge < -0.3 is 15.7 Å². The third-order valence-electron chi connectivity index (χ3n) is 3.67. The van der Waals surface area contributed by atoms with Crippen molar-refractivity contribution >= 4 is 33.5 Å². The Morgan fingerprint density at radius 3 is 2.56 bits per heavy atom. The predicted octanol–water partition coefficient (Wildman–Crippen LogP) is 1.03. The number of hydrogen-bond donors (Lipinski definition) is 4. The number of benzene rings is 2. The maximum absolute atomic E-state index is 14.4. The molecule has 0 aliphatic carbocycles. The van der Waals surface area contributed by atoms with Gasteiger partial charge in [-0.3, -0.25) is 4.79 Å². The number of carbonyl (C=O) groups is 2. The molecule has 0 aromatic heterocycles. The second kappa shape index (κ2) is 7.11. The number of anilines is 2. The lowest BCUT2D eigenvalue weighted by atomic mass is 10.2. The smallest absolute Gasteiger partial charge is 0.326 e. The van der Waals surface area contributed by atoms with Gasteiger partial charge in [-0.15, -0.1) is 0 Å². The Balaban J connectivity index is 1.73. The largest absolute Gasteiger partial charge is 0.506 e. The second-order valence-electron chi connectivity index (χ2n) is 5.66. The zero-order chi connectivity index (χ0) is 19.6. The number of rotatable bonds is 4. The molecule has 142 valence electrons. The van der Waals surface area contributed by atoms with Crippen LogP contribution in [0.25, 0.3) is 0 Å². The van der Waals surface area contributed by atoms with Gasteiger partial charge in [-0.1, -0.05) is 30.3 Å². The maximum atomic E-state index is 14.4. The van der Waals surface area contributed by atoms with Crippen molar-refractivity contribution in [1.29, 1.82) is 0 Å². The molecular weight excluding hydrogens is 379 g/mol. The topological polar surface area (TPSA) is 128 Å². The van der Waals surface area contributed by atoms with E-state index in [0.29, 0.717) is 4.31 Å². The first-order valence-electron chi connectivity index (χ1n) is 7.71. The van der Waals surface area contributed by atoms with Gasteiger partial charge in [-0.05, 0) is 11.6 Å². The van der Waals surface area contributed by atoms with Gasteiger partial charge in [0.1, 0.15) is 18.0 Å². The predicted molar refractivity (Wildman–Crippen MR) is 94.8 cm³/mol. The summed E-state index contributed by atoms with van der Waals surface area (Å²) in [6.45, 7) is -0.420. The Kier molecular flexibility index (Phi) is 4.86. The van der Waals surface area contributed by atoms with Crippen molar-refractivity contribution in [2.45, 2.75) is 6.54 Å². The third kappa shape index (κ3) is 4.08. The van der Waals surface area contributed by atoms with E-state index in [2.05, 4.69) is 10.6 Å². The van der Waals surface area contributed by atoms with Crippen LogP contribution in [0, 0.1) is 5.82 Å². The van der Waals surface area contributed by atoms with Gasteiger partial charge in [0.25, 0.3) is 5.91 Å². The van der Waals surface area contributed by atoms with Crippen LogP contribution in [0.5, 0.6) is 5.75 Å². The fourth-order valence-electron chi connectivity index (χ4n) is 2.50. The number of halogens is 1. The molecular formula is C16H15FN4O5S. The van der Waals surface area contributed by atoms with Crippen molar-refractivity contribution in [2.24, 2.45) is 0 Å². The summed E-state index contributed by atoms with van der Waals surface area (Å²) in [7, 11) is -4.28. The number of hydrogen-bond acceptors (Lipinski definition) is 5. The average Bonchev–Trinajstić information content (AvgIpc) is 2.85. The average molecular weight is 394 g/mol. The monoisotopic (exact) mass is 394 g/mol. The summed E-state index contributed by atoms with van der Waals surface area (Å²) in [4.78, 5) is 23.2. The molecule has 9 nitrogen and oxygen atoms in total. The van der Waals surface area contributed by atoms with E-state index in [-0.39, 0.29) is 12.2 Å². The molecule has 0 spiro atoms. The van der Waals surface area contributed by atoms with E-state index < -0.39 is 45.9 Å². The SMILES string of the molecule is O=C1CN(c2c(O)cc(NC(=O)NCc3ccccc3)cc2F)S(=O)(=O)N1. The van der Waals surface area contributed by atoms with E-state index in [4.69, 9.17) is 0 Å². The molecule has 2 aromatic rings. The Bertz CT molecular complexity index is 974. The number of aromatic hydroxyl groups is 1. The van der Waals surface area contributed by atoms with E-state index in [1.165, 1.54) is 0 Å². The molecule has 0 saturated carbocycles. The summed E-state index contributed by atoms with van der Waals surface area (Å²) in [5.41, 5.74) is 0.0900. The van der Waals surface area contributed by atoms with Gasteiger partial charge in [0.15, 0.2) is 5.82 Å². The lowest BCUT2D eigenvalue weighted by Crippen LogP contribution is -2.30. The third-order valence-corrected chi connectivity index (χ3v) is 5.04. The van der Waals surface area contributed by atoms with Crippen molar-refractivity contribution in [3.05, 3.63) is 53.8 Å². The summed E-state index contributed by atoms with van der Waals surface area (Å²) in [5.74, 6) is -2.71. The van der Waals surface area contributed by atoms with Gasteiger partial charge >= 0.3 is 16.2 Å². The second-order valence-corrected chi connectivity index (χ2v) is 7.25. The van der Waals surface area contributed by atoms with E-state index in [9.17, 15) is 27.5 Å². The summed E-state index contributed by atoms with van der Waals surface area (Å²) in [6.07, 6.45) is 0. The molecule has 0 bridgehead atoms. The first-order chi connectivity index (χ1) is 12.8. The molecule has 1 aliphatic heterocycles. The van der Waals surface area contributed by atoms with Crippen molar-refractivity contribution < 1.29 is 27.5 Å². The zero-order valence-electron chi connectivity index (χ0n) is 13.8. The minimum Gasteiger partial charge on any atom is -0.506 e. The lowest BCUT2D eigenvalue weighted by Gasteiger charge is -2.18. The molecule has 4 N–H and O–H groups in total. The van der Waals surface area contributed by atoms with Crippen LogP contribution in [0.3, 0.4) is 0 Å². The number of carbonyl (C=O) groups excluding carboxylic acids is 2. The van der Waals surface area contributed by atoms with E-state index >= 15 is 0 Å². The minimum atomic E-state index is -4.28. The first-order valence-corrected chi connectivity index (χ1v) is 9.15. The molecule has 2 aromatic carbocycles. The minimum absolute atomic E-state index is 0.0878. The molecule has 11 heteroatoms. The molecule has 1 saturated heterocycles. The Labute approximate surface area is 154 Å². The molecule has 1 aliphatic rings. The highest BCUT2D eigenvalue weighted by molar-refractivity contribution is 7.92. The fraction of sp³-hybridized carbons (Fsp3) is 0.125. The number of nitrogens with zero attached hydrogens (tertiary/aromatic N) is 1. The normalized spacial score (nSPS) is 15.3. The molecule has 1 fully saturated rings. The number of phenolic OH excluding ortho intramolecular Hbond substituents is 1. The fourth-order valence-corrected chi connectivity index (χ4v) is 3.67. The van der Waals surface area contributed by atoms with Crippen molar-refractivity contribution in [3.63, 3.8) is 0 Å². The van der Waals surface area contributed by atoms with Crippen LogP contribution in [0.2, 0.25) is 0 Å². The van der Waals surface area contributed by atoms with Gasteiger partial charge in [-0.2, -0.15) is 8.42 Å². The highest BCUT2D eigenvalue weighted by Crippen LogP contribution is 2.35. The molecule has 27 heavy (non-hydrogen) atoms. The van der Waals surface area contributed by atoms with Gasteiger partial charge in [0, 0.05) is 18.3 Å². The van der Waals surface area contributed by atoms with Crippen molar-refractivity contribution in [1.82, 2.24) is 10.0 Å². The maximum Gasteiger partial charge on any atom is 0.326 e. The van der Waals surface area contributed by atoms with Crippen LogP contribution in [0.1, 0.15) is 5.56 Å². The van der Waals surface area contributed by atoms with Gasteiger partial charge in [0.2, 0.25) is 0 Å². The number of nitrogens with one attached hydrogen (secondary N) is 3. The van der Waals surface area contributed by atoms with Crippen LogP contribution in [0.15, 0.2) is 42.5 Å². The highest BCUT2D eigenvalue weighted by Gasteiger charge is 2.37. The number of amides is 3. The number of phenols is 1. The summed E-state index contributed by atoms with van der Waals surface area (Å²) < 4.78 is 40.0. The zero-order valence-corrected chi connectivity index (χ0v) is 14.6. The number of urea groups is 1. The van der Waals surface area contributed by atoms with E-state index in [0.717, 1.165) is 17.7 Å². The standard InChI is InChI=1S/C16H15FN4O5S/c17-12-6-11(19-16(24)18-8-10-4-2-1-3-5-10)7-13(22)15(12)21-9-14(23)20-27(21,25)26/h1-7,22H,8-9H2,(H,20,23)(H2,18,19,24). The highest BCUT2D eigenvalue weighted by atomic mass is 32.2. The molecule has 0 unspecified atom stereocenters. The lowest BCUT2D eigenvalue weighted by molar-refractivity contribution is -0.117. The first kappa shape index (κ1) is 18.5. The molecule has 0 atom stereocenters. The Morgan fingerprint density at radius 2 is 1.96 bits per heavy atom. The van der Waals surface area contributed by atoms with Gasteiger partial charge in [0.05, 0.1) is 0 Å². The van der Waals surface area contributed by atoms with Crippen LogP contribution in [-0.4, -0.2) is 32.0 Å².